The van der Waals surface area contributed by atoms with Crippen molar-refractivity contribution in [1.29, 1.82) is 0 Å². The number of imidazole rings is 1. The second-order valence-corrected chi connectivity index (χ2v) is 4.95. The number of fused-ring (bicyclic) bond motifs is 1. The van der Waals surface area contributed by atoms with Crippen molar-refractivity contribution in [2.45, 2.75) is 32.6 Å². The van der Waals surface area contributed by atoms with Crippen LogP contribution in [-0.2, 0) is 21.9 Å². The third-order valence-electron chi connectivity index (χ3n) is 2.95. The Balaban J connectivity index is 2.35. The van der Waals surface area contributed by atoms with Crippen LogP contribution in [0.15, 0.2) is 18.2 Å². The SMILES string of the molecule is CCOC(Cn1c(CCl)nc2cc(Cl)ccc21)OCC. The summed E-state index contributed by atoms with van der Waals surface area (Å²) in [6.45, 7) is 5.64. The minimum atomic E-state index is -0.306. The molecule has 0 radical (unpaired) electrons. The van der Waals surface area contributed by atoms with Gasteiger partial charge < -0.3 is 14.0 Å². The van der Waals surface area contributed by atoms with Crippen molar-refractivity contribution < 1.29 is 9.47 Å². The first-order valence-electron chi connectivity index (χ1n) is 6.63. The van der Waals surface area contributed by atoms with Crippen molar-refractivity contribution in [1.82, 2.24) is 9.55 Å². The van der Waals surface area contributed by atoms with E-state index in [1.54, 1.807) is 0 Å². The Hall–Kier alpha value is -0.810. The lowest BCUT2D eigenvalue weighted by Gasteiger charge is -2.19. The van der Waals surface area contributed by atoms with E-state index in [4.69, 9.17) is 32.7 Å². The highest BCUT2D eigenvalue weighted by Gasteiger charge is 2.16. The zero-order valence-corrected chi connectivity index (χ0v) is 13.1. The number of ether oxygens (including phenoxy) is 2. The summed E-state index contributed by atoms with van der Waals surface area (Å²) in [6, 6.07) is 5.62. The zero-order chi connectivity index (χ0) is 14.5. The van der Waals surface area contributed by atoms with Crippen molar-refractivity contribution in [3.05, 3.63) is 29.0 Å². The molecule has 0 saturated heterocycles. The van der Waals surface area contributed by atoms with Gasteiger partial charge in [0.05, 0.1) is 23.5 Å². The molecule has 1 aromatic heterocycles. The van der Waals surface area contributed by atoms with Gasteiger partial charge in [0.1, 0.15) is 5.82 Å². The summed E-state index contributed by atoms with van der Waals surface area (Å²) in [5.41, 5.74) is 1.81. The summed E-state index contributed by atoms with van der Waals surface area (Å²) in [6.07, 6.45) is -0.306. The van der Waals surface area contributed by atoms with E-state index in [0.29, 0.717) is 30.7 Å². The first kappa shape index (κ1) is 15.6. The van der Waals surface area contributed by atoms with Crippen LogP contribution in [0.1, 0.15) is 19.7 Å². The highest BCUT2D eigenvalue weighted by Crippen LogP contribution is 2.22. The molecule has 2 rings (SSSR count). The van der Waals surface area contributed by atoms with Crippen LogP contribution in [-0.4, -0.2) is 29.1 Å². The number of nitrogens with zero attached hydrogens (tertiary/aromatic N) is 2. The van der Waals surface area contributed by atoms with E-state index in [0.717, 1.165) is 16.9 Å². The van der Waals surface area contributed by atoms with Crippen LogP contribution >= 0.6 is 23.2 Å². The maximum absolute atomic E-state index is 6.00. The Morgan fingerprint density at radius 2 is 1.95 bits per heavy atom. The molecular weight excluding hydrogens is 299 g/mol. The predicted octanol–water partition coefficient (Wildman–Crippen LogP) is 3.83. The third kappa shape index (κ3) is 3.44. The third-order valence-corrected chi connectivity index (χ3v) is 3.42. The Bertz CT molecular complexity index is 566. The predicted molar refractivity (Wildman–Crippen MR) is 81.3 cm³/mol. The molecule has 2 aromatic rings. The smallest absolute Gasteiger partial charge is 0.175 e. The molecule has 0 atom stereocenters. The monoisotopic (exact) mass is 316 g/mol. The maximum Gasteiger partial charge on any atom is 0.175 e. The summed E-state index contributed by atoms with van der Waals surface area (Å²) in [5.74, 6) is 1.12. The molecule has 4 nitrogen and oxygen atoms in total. The van der Waals surface area contributed by atoms with Gasteiger partial charge in [0.25, 0.3) is 0 Å². The van der Waals surface area contributed by atoms with Gasteiger partial charge in [0.15, 0.2) is 6.29 Å². The van der Waals surface area contributed by atoms with Crippen LogP contribution in [0.5, 0.6) is 0 Å². The Morgan fingerprint density at radius 1 is 1.25 bits per heavy atom. The van der Waals surface area contributed by atoms with Crippen LogP contribution in [0.2, 0.25) is 5.02 Å². The van der Waals surface area contributed by atoms with Gasteiger partial charge in [-0.1, -0.05) is 11.6 Å². The van der Waals surface area contributed by atoms with Gasteiger partial charge in [0, 0.05) is 18.2 Å². The fourth-order valence-electron chi connectivity index (χ4n) is 2.13. The van der Waals surface area contributed by atoms with Gasteiger partial charge in [-0.2, -0.15) is 0 Å². The summed E-state index contributed by atoms with van der Waals surface area (Å²) in [7, 11) is 0. The second kappa shape index (κ2) is 7.27. The number of aromatic nitrogens is 2. The Labute approximate surface area is 128 Å². The lowest BCUT2D eigenvalue weighted by Crippen LogP contribution is -2.24. The number of hydrogen-bond acceptors (Lipinski definition) is 3. The average molecular weight is 317 g/mol. The van der Waals surface area contributed by atoms with E-state index < -0.39 is 0 Å². The fourth-order valence-corrected chi connectivity index (χ4v) is 2.50. The number of hydrogen-bond donors (Lipinski definition) is 0. The molecule has 110 valence electrons. The summed E-state index contributed by atoms with van der Waals surface area (Å²) in [5, 5.41) is 0.662. The molecular formula is C14H18Cl2N2O2. The molecule has 0 bridgehead atoms. The van der Waals surface area contributed by atoms with Gasteiger partial charge in [-0.05, 0) is 32.0 Å². The molecule has 1 aromatic carbocycles. The molecule has 0 saturated carbocycles. The summed E-state index contributed by atoms with van der Waals surface area (Å²) >= 11 is 12.0. The van der Waals surface area contributed by atoms with E-state index in [9.17, 15) is 0 Å². The van der Waals surface area contributed by atoms with Crippen LogP contribution in [0.25, 0.3) is 11.0 Å². The van der Waals surface area contributed by atoms with Crippen molar-refractivity contribution in [3.63, 3.8) is 0 Å². The van der Waals surface area contributed by atoms with Crippen molar-refractivity contribution in [2.24, 2.45) is 0 Å². The Kier molecular flexibility index (Phi) is 5.66. The van der Waals surface area contributed by atoms with Crippen LogP contribution in [0.3, 0.4) is 0 Å². The highest BCUT2D eigenvalue weighted by atomic mass is 35.5. The number of rotatable bonds is 7. The molecule has 20 heavy (non-hydrogen) atoms. The number of alkyl halides is 1. The lowest BCUT2D eigenvalue weighted by molar-refractivity contribution is -0.143. The van der Waals surface area contributed by atoms with E-state index in [1.807, 2.05) is 36.6 Å². The van der Waals surface area contributed by atoms with Gasteiger partial charge in [-0.15, -0.1) is 11.6 Å². The van der Waals surface area contributed by atoms with E-state index in [2.05, 4.69) is 4.98 Å². The van der Waals surface area contributed by atoms with Crippen molar-refractivity contribution in [2.75, 3.05) is 13.2 Å². The first-order valence-corrected chi connectivity index (χ1v) is 7.54. The van der Waals surface area contributed by atoms with Crippen molar-refractivity contribution >= 4 is 34.2 Å². The maximum atomic E-state index is 6.00. The molecule has 0 fully saturated rings. The summed E-state index contributed by atoms with van der Waals surface area (Å²) in [4.78, 5) is 4.50. The summed E-state index contributed by atoms with van der Waals surface area (Å²) < 4.78 is 13.2. The minimum absolute atomic E-state index is 0.306. The van der Waals surface area contributed by atoms with E-state index >= 15 is 0 Å². The highest BCUT2D eigenvalue weighted by molar-refractivity contribution is 6.31. The molecule has 0 aliphatic carbocycles. The second-order valence-electron chi connectivity index (χ2n) is 4.25. The Morgan fingerprint density at radius 3 is 2.55 bits per heavy atom. The number of halogens is 2. The van der Waals surface area contributed by atoms with E-state index in [1.165, 1.54) is 0 Å². The van der Waals surface area contributed by atoms with Gasteiger partial charge in [-0.25, -0.2) is 4.98 Å². The first-order chi connectivity index (χ1) is 9.69. The zero-order valence-electron chi connectivity index (χ0n) is 11.6. The molecule has 0 aliphatic heterocycles. The van der Waals surface area contributed by atoms with E-state index in [-0.39, 0.29) is 6.29 Å². The molecule has 0 unspecified atom stereocenters. The topological polar surface area (TPSA) is 36.3 Å². The minimum Gasteiger partial charge on any atom is -0.351 e. The van der Waals surface area contributed by atoms with Gasteiger partial charge in [0.2, 0.25) is 0 Å². The van der Waals surface area contributed by atoms with Crippen LogP contribution in [0, 0.1) is 0 Å². The fraction of sp³-hybridized carbons (Fsp3) is 0.500. The molecule has 0 amide bonds. The molecule has 6 heteroatoms. The lowest BCUT2D eigenvalue weighted by atomic mass is 10.3. The molecule has 1 heterocycles. The standard InChI is InChI=1S/C14H18Cl2N2O2/c1-3-19-14(20-4-2)9-18-12-6-5-10(16)7-11(12)17-13(18)8-15/h5-7,14H,3-4,8-9H2,1-2H3. The molecule has 0 spiro atoms. The number of benzene rings is 1. The normalized spacial score (nSPS) is 11.7. The molecule has 0 aliphatic rings. The molecule has 0 N–H and O–H groups in total. The van der Waals surface area contributed by atoms with Crippen LogP contribution in [0.4, 0.5) is 0 Å². The van der Waals surface area contributed by atoms with Crippen molar-refractivity contribution in [3.8, 4) is 0 Å². The largest absolute Gasteiger partial charge is 0.351 e. The van der Waals surface area contributed by atoms with Gasteiger partial charge in [-0.3, -0.25) is 0 Å². The van der Waals surface area contributed by atoms with Crippen LogP contribution < -0.4 is 0 Å². The van der Waals surface area contributed by atoms with Gasteiger partial charge >= 0.3 is 0 Å². The average Bonchev–Trinajstić information content (AvgIpc) is 2.76. The quantitative estimate of drug-likeness (QED) is 0.575.